The Bertz CT molecular complexity index is 263. The lowest BCUT2D eigenvalue weighted by Crippen LogP contribution is -1.92. The number of nitrogens with one attached hydrogen (secondary N) is 1. The van der Waals surface area contributed by atoms with Gasteiger partial charge in [-0.05, 0) is 19.9 Å². The molecular formula is C9H13NO. The highest BCUT2D eigenvalue weighted by atomic mass is 16.3. The summed E-state index contributed by atoms with van der Waals surface area (Å²) in [6.07, 6.45) is 0.982. The Morgan fingerprint density at radius 3 is 2.64 bits per heavy atom. The summed E-state index contributed by atoms with van der Waals surface area (Å²) < 4.78 is 0. The predicted octanol–water partition coefficient (Wildman–Crippen LogP) is 1.85. The zero-order valence-electron chi connectivity index (χ0n) is 6.89. The number of aromatic nitrogens is 1. The van der Waals surface area contributed by atoms with Gasteiger partial charge in [-0.15, -0.1) is 6.58 Å². The maximum Gasteiger partial charge on any atom is 0.0986 e. The average Bonchev–Trinajstić information content (AvgIpc) is 2.28. The first kappa shape index (κ1) is 8.08. The van der Waals surface area contributed by atoms with E-state index in [-0.39, 0.29) is 0 Å². The maximum absolute atomic E-state index is 9.39. The van der Waals surface area contributed by atoms with Crippen LogP contribution in [0.5, 0.6) is 0 Å². The van der Waals surface area contributed by atoms with Gasteiger partial charge in [0.05, 0.1) is 6.10 Å². The first-order chi connectivity index (χ1) is 5.15. The number of aliphatic hydroxyl groups excluding tert-OH is 1. The molecule has 0 spiro atoms. The van der Waals surface area contributed by atoms with Gasteiger partial charge in [-0.2, -0.15) is 0 Å². The van der Waals surface area contributed by atoms with Crippen molar-refractivity contribution in [1.82, 2.24) is 4.98 Å². The van der Waals surface area contributed by atoms with E-state index in [1.807, 2.05) is 19.9 Å². The van der Waals surface area contributed by atoms with E-state index in [4.69, 9.17) is 0 Å². The van der Waals surface area contributed by atoms with Crippen LogP contribution in [-0.2, 0) is 0 Å². The molecule has 0 amide bonds. The van der Waals surface area contributed by atoms with Gasteiger partial charge in [-0.25, -0.2) is 0 Å². The number of aromatic amines is 1. The fourth-order valence-corrected chi connectivity index (χ4v) is 1.18. The third-order valence-corrected chi connectivity index (χ3v) is 1.73. The van der Waals surface area contributed by atoms with Crippen molar-refractivity contribution in [3.05, 3.63) is 35.7 Å². The van der Waals surface area contributed by atoms with E-state index in [9.17, 15) is 5.11 Å². The number of H-pyrrole nitrogens is 1. The number of aliphatic hydroxyl groups is 1. The van der Waals surface area contributed by atoms with Gasteiger partial charge in [0, 0.05) is 17.0 Å². The molecule has 2 heteroatoms. The van der Waals surface area contributed by atoms with Crippen LogP contribution in [0, 0.1) is 13.8 Å². The van der Waals surface area contributed by atoms with E-state index in [0.29, 0.717) is 0 Å². The lowest BCUT2D eigenvalue weighted by molar-refractivity contribution is 0.228. The normalized spacial score (nSPS) is 13.0. The van der Waals surface area contributed by atoms with Crippen LogP contribution < -0.4 is 0 Å². The summed E-state index contributed by atoms with van der Waals surface area (Å²) in [5, 5.41) is 9.39. The molecule has 0 fully saturated rings. The molecule has 0 bridgehead atoms. The lowest BCUT2D eigenvalue weighted by Gasteiger charge is -2.02. The highest BCUT2D eigenvalue weighted by Crippen LogP contribution is 2.18. The standard InChI is InChI=1S/C9H13NO/c1-4-9(11)8-5-6(2)10-7(8)3/h4-5,9-11H,1H2,2-3H3. The van der Waals surface area contributed by atoms with Gasteiger partial charge in [0.2, 0.25) is 0 Å². The monoisotopic (exact) mass is 151 g/mol. The first-order valence-electron chi connectivity index (χ1n) is 3.62. The topological polar surface area (TPSA) is 36.0 Å². The zero-order chi connectivity index (χ0) is 8.43. The predicted molar refractivity (Wildman–Crippen MR) is 45.4 cm³/mol. The van der Waals surface area contributed by atoms with Crippen LogP contribution in [-0.4, -0.2) is 10.1 Å². The maximum atomic E-state index is 9.39. The molecule has 1 heterocycles. The third kappa shape index (κ3) is 1.52. The van der Waals surface area contributed by atoms with E-state index >= 15 is 0 Å². The van der Waals surface area contributed by atoms with Gasteiger partial charge in [-0.1, -0.05) is 6.08 Å². The lowest BCUT2D eigenvalue weighted by atomic mass is 10.1. The number of hydrogen-bond acceptors (Lipinski definition) is 1. The van der Waals surface area contributed by atoms with Gasteiger partial charge < -0.3 is 10.1 Å². The van der Waals surface area contributed by atoms with Crippen LogP contribution in [0.4, 0.5) is 0 Å². The Hall–Kier alpha value is -1.02. The van der Waals surface area contributed by atoms with Crippen LogP contribution in [0.25, 0.3) is 0 Å². The molecule has 0 saturated heterocycles. The summed E-state index contributed by atoms with van der Waals surface area (Å²) in [5.74, 6) is 0. The van der Waals surface area contributed by atoms with Crippen molar-refractivity contribution in [1.29, 1.82) is 0 Å². The summed E-state index contributed by atoms with van der Waals surface area (Å²) in [4.78, 5) is 3.11. The Balaban J connectivity index is 3.02. The molecule has 1 rings (SSSR count). The fourth-order valence-electron chi connectivity index (χ4n) is 1.18. The Morgan fingerprint density at radius 2 is 2.27 bits per heavy atom. The van der Waals surface area contributed by atoms with E-state index in [1.54, 1.807) is 0 Å². The van der Waals surface area contributed by atoms with Crippen LogP contribution >= 0.6 is 0 Å². The summed E-state index contributed by atoms with van der Waals surface area (Å²) in [7, 11) is 0. The minimum Gasteiger partial charge on any atom is -0.384 e. The van der Waals surface area contributed by atoms with E-state index < -0.39 is 6.10 Å². The van der Waals surface area contributed by atoms with Gasteiger partial charge in [0.15, 0.2) is 0 Å². The second-order valence-corrected chi connectivity index (χ2v) is 2.71. The molecule has 0 aliphatic rings. The van der Waals surface area contributed by atoms with Crippen molar-refractivity contribution in [3.63, 3.8) is 0 Å². The second-order valence-electron chi connectivity index (χ2n) is 2.71. The van der Waals surface area contributed by atoms with E-state index in [2.05, 4.69) is 11.6 Å². The van der Waals surface area contributed by atoms with Crippen LogP contribution in [0.1, 0.15) is 23.1 Å². The van der Waals surface area contributed by atoms with Crippen molar-refractivity contribution in [2.75, 3.05) is 0 Å². The molecule has 0 saturated carbocycles. The minimum atomic E-state index is -0.542. The summed E-state index contributed by atoms with van der Waals surface area (Å²) in [6, 6.07) is 1.93. The van der Waals surface area contributed by atoms with Crippen molar-refractivity contribution in [2.45, 2.75) is 20.0 Å². The van der Waals surface area contributed by atoms with Gasteiger partial charge in [-0.3, -0.25) is 0 Å². The molecule has 0 aliphatic heterocycles. The molecule has 0 aromatic carbocycles. The molecule has 0 radical (unpaired) electrons. The quantitative estimate of drug-likeness (QED) is 0.622. The Morgan fingerprint density at radius 1 is 1.64 bits per heavy atom. The van der Waals surface area contributed by atoms with Crippen LogP contribution in [0.3, 0.4) is 0 Å². The zero-order valence-corrected chi connectivity index (χ0v) is 6.89. The molecular weight excluding hydrogens is 138 g/mol. The van der Waals surface area contributed by atoms with E-state index in [0.717, 1.165) is 17.0 Å². The third-order valence-electron chi connectivity index (χ3n) is 1.73. The largest absolute Gasteiger partial charge is 0.384 e. The molecule has 1 unspecified atom stereocenters. The highest BCUT2D eigenvalue weighted by Gasteiger charge is 2.07. The molecule has 1 aromatic rings. The van der Waals surface area contributed by atoms with E-state index in [1.165, 1.54) is 6.08 Å². The number of aryl methyl sites for hydroxylation is 2. The molecule has 2 nitrogen and oxygen atoms in total. The highest BCUT2D eigenvalue weighted by molar-refractivity contribution is 5.28. The first-order valence-corrected chi connectivity index (χ1v) is 3.62. The number of rotatable bonds is 2. The Kier molecular flexibility index (Phi) is 2.15. The SMILES string of the molecule is C=CC(O)c1cc(C)[nH]c1C. The average molecular weight is 151 g/mol. The summed E-state index contributed by atoms with van der Waals surface area (Å²) in [5.41, 5.74) is 2.99. The molecule has 1 aromatic heterocycles. The van der Waals surface area contributed by atoms with Crippen molar-refractivity contribution < 1.29 is 5.11 Å². The molecule has 1 atom stereocenters. The van der Waals surface area contributed by atoms with Crippen molar-refractivity contribution in [3.8, 4) is 0 Å². The molecule has 60 valence electrons. The number of hydrogen-bond donors (Lipinski definition) is 2. The molecule has 0 aliphatic carbocycles. The van der Waals surface area contributed by atoms with Crippen LogP contribution in [0.2, 0.25) is 0 Å². The van der Waals surface area contributed by atoms with Crippen LogP contribution in [0.15, 0.2) is 18.7 Å². The minimum absolute atomic E-state index is 0.542. The molecule has 2 N–H and O–H groups in total. The Labute approximate surface area is 66.6 Å². The van der Waals surface area contributed by atoms with Crippen molar-refractivity contribution in [2.24, 2.45) is 0 Å². The van der Waals surface area contributed by atoms with Crippen molar-refractivity contribution >= 4 is 0 Å². The van der Waals surface area contributed by atoms with Gasteiger partial charge in [0.25, 0.3) is 0 Å². The fraction of sp³-hybridized carbons (Fsp3) is 0.333. The second kappa shape index (κ2) is 2.93. The summed E-state index contributed by atoms with van der Waals surface area (Å²) in [6.45, 7) is 7.43. The van der Waals surface area contributed by atoms with Gasteiger partial charge in [0.1, 0.15) is 0 Å². The molecule has 11 heavy (non-hydrogen) atoms. The smallest absolute Gasteiger partial charge is 0.0986 e. The summed E-state index contributed by atoms with van der Waals surface area (Å²) >= 11 is 0. The van der Waals surface area contributed by atoms with Gasteiger partial charge >= 0.3 is 0 Å².